The number of nitrogens with one attached hydrogen (secondary N) is 1. The summed E-state index contributed by atoms with van der Waals surface area (Å²) in [5.41, 5.74) is 2.64. The number of aliphatic carboxylic acids is 1. The minimum absolute atomic E-state index is 0.0471. The first-order valence-corrected chi connectivity index (χ1v) is 10.1. The lowest BCUT2D eigenvalue weighted by Gasteiger charge is -2.09. The number of hydrogen-bond acceptors (Lipinski definition) is 5. The van der Waals surface area contributed by atoms with Crippen LogP contribution in [0.4, 0.5) is 4.39 Å². The van der Waals surface area contributed by atoms with Crippen molar-refractivity contribution in [3.63, 3.8) is 0 Å². The molecule has 8 heteroatoms. The number of benzene rings is 2. The molecule has 0 saturated carbocycles. The molecule has 0 aliphatic heterocycles. The summed E-state index contributed by atoms with van der Waals surface area (Å²) in [5, 5.41) is 12.7. The molecule has 2 aromatic heterocycles. The summed E-state index contributed by atoms with van der Waals surface area (Å²) in [7, 11) is 0. The molecule has 4 rings (SSSR count). The minimum Gasteiger partial charge on any atom is -0.481 e. The van der Waals surface area contributed by atoms with Crippen LogP contribution in [0.1, 0.15) is 24.0 Å². The normalized spacial score (nSPS) is 11.2. The molecular weight excluding hydrogens is 417 g/mol. The van der Waals surface area contributed by atoms with Gasteiger partial charge in [-0.2, -0.15) is 0 Å². The Kier molecular flexibility index (Phi) is 5.77. The zero-order valence-corrected chi connectivity index (χ0v) is 17.2. The maximum absolute atomic E-state index is 13.3. The molecule has 2 N–H and O–H groups in total. The van der Waals surface area contributed by atoms with E-state index in [0.29, 0.717) is 28.5 Å². The third-order valence-corrected chi connectivity index (χ3v) is 5.36. The number of fused-ring (bicyclic) bond motifs is 2. The highest BCUT2D eigenvalue weighted by molar-refractivity contribution is 6.02. The number of furan rings is 1. The first-order chi connectivity index (χ1) is 15.3. The second-order valence-corrected chi connectivity index (χ2v) is 7.52. The fraction of sp³-hybridized carbons (Fsp3) is 0.208. The van der Waals surface area contributed by atoms with Gasteiger partial charge in [0.05, 0.1) is 18.2 Å². The number of carboxylic acid groups (broad SMARTS) is 1. The van der Waals surface area contributed by atoms with Gasteiger partial charge in [-0.3, -0.25) is 9.59 Å². The van der Waals surface area contributed by atoms with E-state index in [2.05, 4.69) is 5.32 Å². The maximum atomic E-state index is 13.3. The lowest BCUT2D eigenvalue weighted by Crippen LogP contribution is -2.28. The summed E-state index contributed by atoms with van der Waals surface area (Å²) in [6.07, 6.45) is 1.65. The van der Waals surface area contributed by atoms with Crippen molar-refractivity contribution in [3.05, 3.63) is 70.0 Å². The van der Waals surface area contributed by atoms with E-state index in [0.717, 1.165) is 16.5 Å². The average molecular weight is 437 g/mol. The van der Waals surface area contributed by atoms with Crippen molar-refractivity contribution in [1.29, 1.82) is 0 Å². The Morgan fingerprint density at radius 2 is 1.84 bits per heavy atom. The second-order valence-electron chi connectivity index (χ2n) is 7.52. The van der Waals surface area contributed by atoms with Gasteiger partial charge < -0.3 is 19.3 Å². The Morgan fingerprint density at radius 1 is 1.09 bits per heavy atom. The van der Waals surface area contributed by atoms with E-state index in [1.165, 1.54) is 12.1 Å². The summed E-state index contributed by atoms with van der Waals surface area (Å²) in [6.45, 7) is 1.95. The van der Waals surface area contributed by atoms with Crippen LogP contribution in [-0.2, 0) is 16.0 Å². The standard InChI is InChI=1S/C24H20FNO6/c1-13-16-9-18-19(14-4-6-15(25)7-5-14)12-31-20(18)11-21(16)32-24(30)17(13)10-22(27)26-8-2-3-23(28)29/h4-7,9,11-12H,2-3,8,10H2,1H3,(H,26,27)(H,28,29). The van der Waals surface area contributed by atoms with Crippen LogP contribution in [0.15, 0.2) is 56.3 Å². The molecule has 0 unspecified atom stereocenters. The minimum atomic E-state index is -0.934. The number of hydrogen-bond donors (Lipinski definition) is 2. The van der Waals surface area contributed by atoms with E-state index < -0.39 is 11.6 Å². The third kappa shape index (κ3) is 4.25. The van der Waals surface area contributed by atoms with Crippen LogP contribution in [-0.4, -0.2) is 23.5 Å². The SMILES string of the molecule is Cc1c(CC(=O)NCCCC(=O)O)c(=O)oc2cc3occ(-c4ccc(F)cc4)c3cc12. The van der Waals surface area contributed by atoms with E-state index in [-0.39, 0.29) is 36.7 Å². The predicted octanol–water partition coefficient (Wildman–Crippen LogP) is 4.18. The molecule has 0 spiro atoms. The van der Waals surface area contributed by atoms with E-state index in [1.54, 1.807) is 31.4 Å². The van der Waals surface area contributed by atoms with Crippen LogP contribution in [0.5, 0.6) is 0 Å². The van der Waals surface area contributed by atoms with E-state index >= 15 is 0 Å². The van der Waals surface area contributed by atoms with Crippen LogP contribution in [0.3, 0.4) is 0 Å². The lowest BCUT2D eigenvalue weighted by molar-refractivity contribution is -0.137. The molecule has 2 aromatic carbocycles. The Balaban J connectivity index is 1.68. The van der Waals surface area contributed by atoms with Crippen molar-refractivity contribution in [2.45, 2.75) is 26.2 Å². The first kappa shape index (κ1) is 21.3. The molecule has 1 amide bonds. The zero-order valence-electron chi connectivity index (χ0n) is 17.2. The molecule has 0 radical (unpaired) electrons. The van der Waals surface area contributed by atoms with Gasteiger partial charge in [0.25, 0.3) is 0 Å². The van der Waals surface area contributed by atoms with Gasteiger partial charge in [-0.25, -0.2) is 9.18 Å². The van der Waals surface area contributed by atoms with Gasteiger partial charge in [0.1, 0.15) is 17.0 Å². The van der Waals surface area contributed by atoms with Crippen molar-refractivity contribution < 1.29 is 27.9 Å². The number of amides is 1. The molecule has 0 atom stereocenters. The quantitative estimate of drug-likeness (QED) is 0.332. The topological polar surface area (TPSA) is 110 Å². The van der Waals surface area contributed by atoms with Gasteiger partial charge in [-0.05, 0) is 42.7 Å². The molecule has 0 aliphatic rings. The number of halogens is 1. The Hall–Kier alpha value is -3.94. The van der Waals surface area contributed by atoms with Crippen molar-refractivity contribution in [2.24, 2.45) is 0 Å². The lowest BCUT2D eigenvalue weighted by atomic mass is 9.99. The molecule has 32 heavy (non-hydrogen) atoms. The van der Waals surface area contributed by atoms with Gasteiger partial charge in [0, 0.05) is 35.4 Å². The molecule has 2 heterocycles. The van der Waals surface area contributed by atoms with Gasteiger partial charge in [0.15, 0.2) is 0 Å². The van der Waals surface area contributed by atoms with Crippen LogP contribution >= 0.6 is 0 Å². The number of carboxylic acids is 1. The van der Waals surface area contributed by atoms with Crippen molar-refractivity contribution in [2.75, 3.05) is 6.54 Å². The highest BCUT2D eigenvalue weighted by Gasteiger charge is 2.18. The molecular formula is C24H20FNO6. The zero-order chi connectivity index (χ0) is 22.8. The smallest absolute Gasteiger partial charge is 0.340 e. The summed E-state index contributed by atoms with van der Waals surface area (Å²) in [5.74, 6) is -1.66. The summed E-state index contributed by atoms with van der Waals surface area (Å²) >= 11 is 0. The summed E-state index contributed by atoms with van der Waals surface area (Å²) in [6, 6.07) is 9.50. The fourth-order valence-electron chi connectivity index (χ4n) is 3.66. The molecule has 0 aliphatic carbocycles. The van der Waals surface area contributed by atoms with Gasteiger partial charge in [0.2, 0.25) is 5.91 Å². The van der Waals surface area contributed by atoms with Gasteiger partial charge in [-0.15, -0.1) is 0 Å². The number of carbonyl (C=O) groups is 2. The maximum Gasteiger partial charge on any atom is 0.340 e. The number of carbonyl (C=O) groups excluding carboxylic acids is 1. The van der Waals surface area contributed by atoms with E-state index in [4.69, 9.17) is 13.9 Å². The Bertz CT molecular complexity index is 1380. The van der Waals surface area contributed by atoms with Crippen LogP contribution in [0.25, 0.3) is 33.1 Å². The van der Waals surface area contributed by atoms with Crippen molar-refractivity contribution >= 4 is 33.8 Å². The molecule has 4 aromatic rings. The number of rotatable bonds is 7. The molecule has 0 fully saturated rings. The second kappa shape index (κ2) is 8.66. The molecule has 7 nitrogen and oxygen atoms in total. The van der Waals surface area contributed by atoms with E-state index in [9.17, 15) is 18.8 Å². The van der Waals surface area contributed by atoms with Crippen LogP contribution in [0.2, 0.25) is 0 Å². The third-order valence-electron chi connectivity index (χ3n) is 5.36. The number of aryl methyl sites for hydroxylation is 1. The largest absolute Gasteiger partial charge is 0.481 e. The Morgan fingerprint density at radius 3 is 2.56 bits per heavy atom. The van der Waals surface area contributed by atoms with Crippen molar-refractivity contribution in [1.82, 2.24) is 5.32 Å². The monoisotopic (exact) mass is 437 g/mol. The molecule has 0 saturated heterocycles. The highest BCUT2D eigenvalue weighted by Crippen LogP contribution is 2.34. The summed E-state index contributed by atoms with van der Waals surface area (Å²) < 4.78 is 24.4. The molecule has 164 valence electrons. The average Bonchev–Trinajstić information content (AvgIpc) is 3.16. The summed E-state index contributed by atoms with van der Waals surface area (Å²) in [4.78, 5) is 35.3. The van der Waals surface area contributed by atoms with Crippen LogP contribution in [0, 0.1) is 12.7 Å². The van der Waals surface area contributed by atoms with Gasteiger partial charge in [-0.1, -0.05) is 12.1 Å². The van der Waals surface area contributed by atoms with Crippen LogP contribution < -0.4 is 10.9 Å². The predicted molar refractivity (Wildman–Crippen MR) is 116 cm³/mol. The molecule has 0 bridgehead atoms. The van der Waals surface area contributed by atoms with E-state index in [1.807, 2.05) is 6.07 Å². The highest BCUT2D eigenvalue weighted by atomic mass is 19.1. The Labute approximate surface area is 181 Å². The van der Waals surface area contributed by atoms with Crippen molar-refractivity contribution in [3.8, 4) is 11.1 Å². The van der Waals surface area contributed by atoms with Gasteiger partial charge >= 0.3 is 11.6 Å². The first-order valence-electron chi connectivity index (χ1n) is 10.1. The fourth-order valence-corrected chi connectivity index (χ4v) is 3.66.